The van der Waals surface area contributed by atoms with Gasteiger partial charge in [-0.25, -0.2) is 4.39 Å². The van der Waals surface area contributed by atoms with Gasteiger partial charge in [0.05, 0.1) is 0 Å². The van der Waals surface area contributed by atoms with E-state index in [2.05, 4.69) is 5.32 Å². The number of hydrogen-bond donors (Lipinski definition) is 2. The van der Waals surface area contributed by atoms with Gasteiger partial charge in [0.1, 0.15) is 11.4 Å². The number of halogens is 1. The molecule has 76 valence electrons. The third kappa shape index (κ3) is 1.73. The van der Waals surface area contributed by atoms with Gasteiger partial charge in [-0.15, -0.1) is 0 Å². The van der Waals surface area contributed by atoms with E-state index in [1.165, 1.54) is 12.1 Å². The summed E-state index contributed by atoms with van der Waals surface area (Å²) in [6.45, 7) is 1.27. The summed E-state index contributed by atoms with van der Waals surface area (Å²) in [6, 6.07) is 6.38. The van der Waals surface area contributed by atoms with Crippen LogP contribution in [0.25, 0.3) is 0 Å². The van der Waals surface area contributed by atoms with Crippen LogP contribution < -0.4 is 5.32 Å². The van der Waals surface area contributed by atoms with Crippen LogP contribution in [0, 0.1) is 0 Å². The standard InChI is InChI=1S/C11H14FNO/c12-11(6-1-7-13-8-11)9-2-4-10(14)5-3-9/h2-5,13-14H,1,6-8H2. The monoisotopic (exact) mass is 195 g/mol. The number of aromatic hydroxyl groups is 1. The van der Waals surface area contributed by atoms with E-state index in [4.69, 9.17) is 5.11 Å². The zero-order valence-corrected chi connectivity index (χ0v) is 7.96. The zero-order valence-electron chi connectivity index (χ0n) is 7.96. The number of rotatable bonds is 1. The Morgan fingerprint density at radius 2 is 2.00 bits per heavy atom. The van der Waals surface area contributed by atoms with Gasteiger partial charge >= 0.3 is 0 Å². The minimum absolute atomic E-state index is 0.182. The van der Waals surface area contributed by atoms with Crippen molar-refractivity contribution in [3.8, 4) is 5.75 Å². The second kappa shape index (κ2) is 3.58. The van der Waals surface area contributed by atoms with Gasteiger partial charge in [0, 0.05) is 6.54 Å². The minimum atomic E-state index is -1.26. The Bertz CT molecular complexity index is 304. The molecule has 1 aromatic rings. The molecule has 0 bridgehead atoms. The smallest absolute Gasteiger partial charge is 0.148 e. The number of alkyl halides is 1. The average Bonchev–Trinajstić information content (AvgIpc) is 2.19. The van der Waals surface area contributed by atoms with E-state index in [0.29, 0.717) is 18.5 Å². The highest BCUT2D eigenvalue weighted by molar-refractivity contribution is 5.30. The van der Waals surface area contributed by atoms with Gasteiger partial charge in [-0.2, -0.15) is 0 Å². The summed E-state index contributed by atoms with van der Waals surface area (Å²) in [4.78, 5) is 0. The second-order valence-electron chi connectivity index (χ2n) is 3.79. The van der Waals surface area contributed by atoms with E-state index in [1.807, 2.05) is 0 Å². The Hall–Kier alpha value is -1.09. The minimum Gasteiger partial charge on any atom is -0.508 e. The predicted octanol–water partition coefficient (Wildman–Crippen LogP) is 1.94. The Balaban J connectivity index is 2.23. The van der Waals surface area contributed by atoms with E-state index in [1.54, 1.807) is 12.1 Å². The molecule has 0 radical (unpaired) electrons. The molecule has 2 N–H and O–H groups in total. The lowest BCUT2D eigenvalue weighted by Gasteiger charge is -2.30. The zero-order chi connectivity index (χ0) is 10.0. The summed E-state index contributed by atoms with van der Waals surface area (Å²) < 4.78 is 14.3. The van der Waals surface area contributed by atoms with E-state index in [9.17, 15) is 4.39 Å². The highest BCUT2D eigenvalue weighted by Crippen LogP contribution is 2.33. The van der Waals surface area contributed by atoms with E-state index in [-0.39, 0.29) is 5.75 Å². The first kappa shape index (κ1) is 9.46. The summed E-state index contributed by atoms with van der Waals surface area (Å²) in [5.74, 6) is 0.182. The van der Waals surface area contributed by atoms with Crippen LogP contribution in [0.4, 0.5) is 4.39 Å². The molecule has 1 heterocycles. The van der Waals surface area contributed by atoms with Crippen molar-refractivity contribution in [1.82, 2.24) is 5.32 Å². The molecule has 1 saturated heterocycles. The first-order chi connectivity index (χ1) is 6.71. The number of phenolic OH excluding ortho intramolecular Hbond substituents is 1. The second-order valence-corrected chi connectivity index (χ2v) is 3.79. The van der Waals surface area contributed by atoms with Gasteiger partial charge in [-0.05, 0) is 37.1 Å². The van der Waals surface area contributed by atoms with E-state index < -0.39 is 5.67 Å². The molecule has 0 saturated carbocycles. The summed E-state index contributed by atoms with van der Waals surface area (Å²) in [5.41, 5.74) is -0.603. The van der Waals surface area contributed by atoms with Gasteiger partial charge in [0.25, 0.3) is 0 Å². The van der Waals surface area contributed by atoms with Crippen molar-refractivity contribution in [3.05, 3.63) is 29.8 Å². The first-order valence-corrected chi connectivity index (χ1v) is 4.90. The van der Waals surface area contributed by atoms with Crippen molar-refractivity contribution in [2.75, 3.05) is 13.1 Å². The molecule has 1 aliphatic rings. The Morgan fingerprint density at radius 3 is 2.57 bits per heavy atom. The van der Waals surface area contributed by atoms with Crippen molar-refractivity contribution in [2.24, 2.45) is 0 Å². The van der Waals surface area contributed by atoms with Crippen LogP contribution in [0.3, 0.4) is 0 Å². The van der Waals surface area contributed by atoms with Crippen LogP contribution in [0.15, 0.2) is 24.3 Å². The van der Waals surface area contributed by atoms with Gasteiger partial charge in [-0.3, -0.25) is 0 Å². The third-order valence-corrected chi connectivity index (χ3v) is 2.72. The van der Waals surface area contributed by atoms with Crippen LogP contribution in [0.2, 0.25) is 0 Å². The van der Waals surface area contributed by atoms with Gasteiger partial charge in [0.2, 0.25) is 0 Å². The quantitative estimate of drug-likeness (QED) is 0.717. The topological polar surface area (TPSA) is 32.3 Å². The third-order valence-electron chi connectivity index (χ3n) is 2.72. The van der Waals surface area contributed by atoms with E-state index in [0.717, 1.165) is 13.0 Å². The number of benzene rings is 1. The lowest BCUT2D eigenvalue weighted by atomic mass is 9.88. The lowest BCUT2D eigenvalue weighted by Crippen LogP contribution is -2.39. The summed E-state index contributed by atoms with van der Waals surface area (Å²) in [7, 11) is 0. The molecule has 2 nitrogen and oxygen atoms in total. The molecule has 2 rings (SSSR count). The fourth-order valence-corrected chi connectivity index (χ4v) is 1.88. The van der Waals surface area contributed by atoms with Gasteiger partial charge in [0.15, 0.2) is 0 Å². The molecule has 1 fully saturated rings. The number of phenols is 1. The van der Waals surface area contributed by atoms with Crippen molar-refractivity contribution < 1.29 is 9.50 Å². The fourth-order valence-electron chi connectivity index (χ4n) is 1.88. The molecule has 0 aromatic heterocycles. The number of hydrogen-bond acceptors (Lipinski definition) is 2. The maximum absolute atomic E-state index is 14.3. The average molecular weight is 195 g/mol. The maximum atomic E-state index is 14.3. The van der Waals surface area contributed by atoms with Crippen molar-refractivity contribution >= 4 is 0 Å². The SMILES string of the molecule is Oc1ccc(C2(F)CCCNC2)cc1. The van der Waals surface area contributed by atoms with Crippen LogP contribution in [0.5, 0.6) is 5.75 Å². The molecular formula is C11H14FNO. The van der Waals surface area contributed by atoms with Crippen molar-refractivity contribution in [2.45, 2.75) is 18.5 Å². The highest BCUT2D eigenvalue weighted by atomic mass is 19.1. The largest absolute Gasteiger partial charge is 0.508 e. The van der Waals surface area contributed by atoms with Gasteiger partial charge in [-0.1, -0.05) is 12.1 Å². The molecule has 0 amide bonds. The Kier molecular flexibility index (Phi) is 2.42. The molecule has 14 heavy (non-hydrogen) atoms. The summed E-state index contributed by atoms with van der Waals surface area (Å²) in [5, 5.41) is 12.2. The van der Waals surface area contributed by atoms with Crippen LogP contribution in [-0.4, -0.2) is 18.2 Å². The molecule has 3 heteroatoms. The normalized spacial score (nSPS) is 27.5. The van der Waals surface area contributed by atoms with Crippen LogP contribution >= 0.6 is 0 Å². The summed E-state index contributed by atoms with van der Waals surface area (Å²) >= 11 is 0. The Morgan fingerprint density at radius 1 is 1.29 bits per heavy atom. The molecule has 1 aliphatic heterocycles. The Labute approximate surface area is 82.8 Å². The lowest BCUT2D eigenvalue weighted by molar-refractivity contribution is 0.122. The fraction of sp³-hybridized carbons (Fsp3) is 0.455. The molecular weight excluding hydrogens is 181 g/mol. The number of piperidine rings is 1. The van der Waals surface area contributed by atoms with E-state index >= 15 is 0 Å². The highest BCUT2D eigenvalue weighted by Gasteiger charge is 2.33. The number of nitrogens with one attached hydrogen (secondary N) is 1. The molecule has 0 aliphatic carbocycles. The van der Waals surface area contributed by atoms with Gasteiger partial charge < -0.3 is 10.4 Å². The predicted molar refractivity (Wildman–Crippen MR) is 53.0 cm³/mol. The molecule has 0 spiro atoms. The van der Waals surface area contributed by atoms with Crippen LogP contribution in [-0.2, 0) is 5.67 Å². The first-order valence-electron chi connectivity index (χ1n) is 4.90. The van der Waals surface area contributed by atoms with Crippen molar-refractivity contribution in [3.63, 3.8) is 0 Å². The van der Waals surface area contributed by atoms with Crippen molar-refractivity contribution in [1.29, 1.82) is 0 Å². The summed E-state index contributed by atoms with van der Waals surface area (Å²) in [6.07, 6.45) is 1.42. The molecule has 1 atom stereocenters. The maximum Gasteiger partial charge on any atom is 0.148 e. The molecule has 1 aromatic carbocycles. The van der Waals surface area contributed by atoms with Crippen LogP contribution in [0.1, 0.15) is 18.4 Å². The molecule has 1 unspecified atom stereocenters.